The number of halogens is 1. The number of para-hydroxylation sites is 3. The smallest absolute Gasteiger partial charge is 0.267 e. The van der Waals surface area contributed by atoms with E-state index < -0.39 is 22.0 Å². The number of sulfonamides is 1. The van der Waals surface area contributed by atoms with Gasteiger partial charge in [0.1, 0.15) is 5.75 Å². The Morgan fingerprint density at radius 3 is 2.48 bits per heavy atom. The van der Waals surface area contributed by atoms with Crippen LogP contribution in [-0.2, 0) is 21.2 Å². The van der Waals surface area contributed by atoms with Gasteiger partial charge in [-0.15, -0.1) is 0 Å². The summed E-state index contributed by atoms with van der Waals surface area (Å²) in [7, 11) is -3.93. The Morgan fingerprint density at radius 1 is 1.06 bits per heavy atom. The van der Waals surface area contributed by atoms with Crippen molar-refractivity contribution in [1.82, 2.24) is 0 Å². The molecule has 3 aromatic carbocycles. The number of nitrogens with one attached hydrogen (secondary N) is 1. The predicted molar refractivity (Wildman–Crippen MR) is 121 cm³/mol. The summed E-state index contributed by atoms with van der Waals surface area (Å²) in [6, 6.07) is 20.2. The van der Waals surface area contributed by atoms with Gasteiger partial charge in [0.2, 0.25) is 0 Å². The normalized spacial score (nSPS) is 15.7. The first-order chi connectivity index (χ1) is 14.9. The van der Waals surface area contributed by atoms with E-state index in [0.717, 1.165) is 12.0 Å². The van der Waals surface area contributed by atoms with Crippen molar-refractivity contribution < 1.29 is 17.9 Å². The summed E-state index contributed by atoms with van der Waals surface area (Å²) in [5, 5.41) is 3.32. The zero-order valence-electron chi connectivity index (χ0n) is 16.8. The molecule has 0 saturated carbocycles. The summed E-state index contributed by atoms with van der Waals surface area (Å²) in [5.74, 6) is -0.0816. The molecule has 0 saturated heterocycles. The van der Waals surface area contributed by atoms with E-state index in [1.165, 1.54) is 28.6 Å². The zero-order chi connectivity index (χ0) is 22.0. The number of amides is 1. The Morgan fingerprint density at radius 2 is 1.74 bits per heavy atom. The van der Waals surface area contributed by atoms with Crippen LogP contribution >= 0.6 is 11.6 Å². The average Bonchev–Trinajstić information content (AvgIpc) is 2.79. The van der Waals surface area contributed by atoms with Crippen molar-refractivity contribution >= 4 is 38.9 Å². The van der Waals surface area contributed by atoms with Crippen LogP contribution in [0.25, 0.3) is 0 Å². The number of rotatable bonds is 5. The Bertz CT molecular complexity index is 1210. The van der Waals surface area contributed by atoms with Crippen LogP contribution in [0.5, 0.6) is 5.75 Å². The molecule has 0 aromatic heterocycles. The molecule has 0 radical (unpaired) electrons. The second-order valence-corrected chi connectivity index (χ2v) is 9.36. The third-order valence-electron chi connectivity index (χ3n) is 5.09. The molecule has 6 nitrogen and oxygen atoms in total. The number of carbonyl (C=O) groups is 1. The molecule has 31 heavy (non-hydrogen) atoms. The molecular formula is C23H21ClN2O4S. The number of nitrogens with zero attached hydrogens (tertiary/aromatic N) is 1. The first kappa shape index (κ1) is 21.2. The number of carbonyl (C=O) groups excluding carboxylic acids is 1. The van der Waals surface area contributed by atoms with Crippen LogP contribution in [0.15, 0.2) is 77.7 Å². The predicted octanol–water partition coefficient (Wildman–Crippen LogP) is 4.50. The van der Waals surface area contributed by atoms with Crippen LogP contribution in [0.3, 0.4) is 0 Å². The lowest BCUT2D eigenvalue weighted by Gasteiger charge is -2.34. The molecule has 3 aromatic rings. The third-order valence-corrected chi connectivity index (χ3v) is 7.13. The Hall–Kier alpha value is -3.03. The van der Waals surface area contributed by atoms with E-state index in [-0.39, 0.29) is 11.4 Å². The molecule has 1 aliphatic heterocycles. The number of benzene rings is 3. The van der Waals surface area contributed by atoms with E-state index in [0.29, 0.717) is 22.1 Å². The van der Waals surface area contributed by atoms with Crippen LogP contribution in [0.4, 0.5) is 11.4 Å². The molecule has 1 heterocycles. The Balaban J connectivity index is 1.67. The number of hydrogen-bond donors (Lipinski definition) is 1. The molecular weight excluding hydrogens is 436 g/mol. The fourth-order valence-electron chi connectivity index (χ4n) is 3.46. The second kappa shape index (κ2) is 8.61. The monoisotopic (exact) mass is 456 g/mol. The van der Waals surface area contributed by atoms with E-state index in [4.69, 9.17) is 16.3 Å². The molecule has 160 valence electrons. The summed E-state index contributed by atoms with van der Waals surface area (Å²) in [4.78, 5) is 13.1. The van der Waals surface area contributed by atoms with Gasteiger partial charge in [-0.3, -0.25) is 9.10 Å². The zero-order valence-corrected chi connectivity index (χ0v) is 18.4. The van der Waals surface area contributed by atoms with E-state index in [9.17, 15) is 13.2 Å². The summed E-state index contributed by atoms with van der Waals surface area (Å²) >= 11 is 5.91. The van der Waals surface area contributed by atoms with Gasteiger partial charge in [0.15, 0.2) is 6.10 Å². The van der Waals surface area contributed by atoms with Crippen molar-refractivity contribution in [3.8, 4) is 5.75 Å². The number of anilines is 2. The topological polar surface area (TPSA) is 75.7 Å². The molecule has 1 N–H and O–H groups in total. The minimum Gasteiger partial charge on any atom is -0.476 e. The lowest BCUT2D eigenvalue weighted by atomic mass is 10.1. The highest BCUT2D eigenvalue weighted by atomic mass is 35.5. The van der Waals surface area contributed by atoms with Gasteiger partial charge < -0.3 is 10.1 Å². The second-order valence-electron chi connectivity index (χ2n) is 7.06. The van der Waals surface area contributed by atoms with Crippen LogP contribution in [0.1, 0.15) is 12.5 Å². The molecule has 0 bridgehead atoms. The van der Waals surface area contributed by atoms with E-state index in [1.54, 1.807) is 24.3 Å². The maximum atomic E-state index is 13.4. The van der Waals surface area contributed by atoms with Gasteiger partial charge in [-0.25, -0.2) is 8.42 Å². The van der Waals surface area contributed by atoms with Gasteiger partial charge in [-0.1, -0.05) is 48.9 Å². The summed E-state index contributed by atoms with van der Waals surface area (Å²) in [6.07, 6.45) is -0.260. The highest BCUT2D eigenvalue weighted by Gasteiger charge is 2.37. The molecule has 1 atom stereocenters. The molecule has 0 aliphatic carbocycles. The fraction of sp³-hybridized carbons (Fsp3) is 0.174. The maximum absolute atomic E-state index is 13.4. The summed E-state index contributed by atoms with van der Waals surface area (Å²) in [5.41, 5.74) is 2.05. The number of fused-ring (bicyclic) bond motifs is 1. The molecule has 0 unspecified atom stereocenters. The molecule has 0 spiro atoms. The van der Waals surface area contributed by atoms with Crippen molar-refractivity contribution in [3.63, 3.8) is 0 Å². The minimum absolute atomic E-state index is 0.0871. The van der Waals surface area contributed by atoms with Gasteiger partial charge in [0.05, 0.1) is 17.1 Å². The van der Waals surface area contributed by atoms with Crippen LogP contribution in [0, 0.1) is 0 Å². The Kier molecular flexibility index (Phi) is 5.89. The first-order valence-corrected chi connectivity index (χ1v) is 11.6. The number of hydrogen-bond acceptors (Lipinski definition) is 4. The highest BCUT2D eigenvalue weighted by molar-refractivity contribution is 7.92. The first-order valence-electron chi connectivity index (χ1n) is 9.83. The summed E-state index contributed by atoms with van der Waals surface area (Å²) < 4.78 is 33.9. The van der Waals surface area contributed by atoms with Gasteiger partial charge in [0, 0.05) is 10.7 Å². The lowest BCUT2D eigenvalue weighted by molar-refractivity contribution is -0.122. The molecule has 0 fully saturated rings. The SMILES string of the molecule is CCc1ccccc1NC(=O)[C@H]1CN(S(=O)(=O)c2ccc(Cl)cc2)c2ccccc2O1. The minimum atomic E-state index is -3.93. The Labute approximate surface area is 186 Å². The molecule has 1 aliphatic rings. The molecule has 4 rings (SSSR count). The van der Waals surface area contributed by atoms with Crippen LogP contribution in [0.2, 0.25) is 5.02 Å². The van der Waals surface area contributed by atoms with Crippen molar-refractivity contribution in [2.75, 3.05) is 16.2 Å². The third kappa shape index (κ3) is 4.24. The van der Waals surface area contributed by atoms with Crippen LogP contribution in [-0.4, -0.2) is 27.0 Å². The maximum Gasteiger partial charge on any atom is 0.267 e. The summed E-state index contributed by atoms with van der Waals surface area (Å²) in [6.45, 7) is 1.85. The van der Waals surface area contributed by atoms with E-state index >= 15 is 0 Å². The number of ether oxygens (including phenoxy) is 1. The van der Waals surface area contributed by atoms with Gasteiger partial charge in [0.25, 0.3) is 15.9 Å². The molecule has 1 amide bonds. The standard InChI is InChI=1S/C23H21ClN2O4S/c1-2-16-7-3-4-8-19(16)25-23(27)22-15-26(20-9-5-6-10-21(20)30-22)31(28,29)18-13-11-17(24)12-14-18/h3-14,22H,2,15H2,1H3,(H,25,27)/t22-/m1/s1. The van der Waals surface area contributed by atoms with E-state index in [2.05, 4.69) is 5.32 Å². The lowest BCUT2D eigenvalue weighted by Crippen LogP contribution is -2.48. The van der Waals surface area contributed by atoms with Crippen molar-refractivity contribution in [2.24, 2.45) is 0 Å². The van der Waals surface area contributed by atoms with Crippen molar-refractivity contribution in [2.45, 2.75) is 24.3 Å². The quantitative estimate of drug-likeness (QED) is 0.613. The van der Waals surface area contributed by atoms with Crippen molar-refractivity contribution in [1.29, 1.82) is 0 Å². The van der Waals surface area contributed by atoms with Gasteiger partial charge in [-0.2, -0.15) is 0 Å². The average molecular weight is 457 g/mol. The largest absolute Gasteiger partial charge is 0.476 e. The highest BCUT2D eigenvalue weighted by Crippen LogP contribution is 2.37. The van der Waals surface area contributed by atoms with Gasteiger partial charge in [-0.05, 0) is 54.4 Å². The van der Waals surface area contributed by atoms with Crippen LogP contribution < -0.4 is 14.4 Å². The fourth-order valence-corrected chi connectivity index (χ4v) is 5.07. The van der Waals surface area contributed by atoms with Crippen molar-refractivity contribution in [3.05, 3.63) is 83.4 Å². The van der Waals surface area contributed by atoms with E-state index in [1.807, 2.05) is 31.2 Å². The van der Waals surface area contributed by atoms with Gasteiger partial charge >= 0.3 is 0 Å². The number of aryl methyl sites for hydroxylation is 1. The molecule has 8 heteroatoms.